The van der Waals surface area contributed by atoms with Crippen LogP contribution in [0.1, 0.15) is 46.1 Å². The van der Waals surface area contributed by atoms with Gasteiger partial charge in [0.15, 0.2) is 17.5 Å². The van der Waals surface area contributed by atoms with E-state index in [1.54, 1.807) is 14.2 Å². The van der Waals surface area contributed by atoms with Crippen LogP contribution in [0.2, 0.25) is 0 Å². The molecule has 1 aromatic carbocycles. The van der Waals surface area contributed by atoms with Crippen LogP contribution in [0.5, 0.6) is 11.5 Å². The summed E-state index contributed by atoms with van der Waals surface area (Å²) in [4.78, 5) is 15.8. The highest BCUT2D eigenvalue weighted by molar-refractivity contribution is 5.79. The molecule has 0 atom stereocenters. The van der Waals surface area contributed by atoms with Crippen molar-refractivity contribution in [3.05, 3.63) is 23.8 Å². The number of carbonyl (C=O) groups excluding carboxylic acids is 1. The molecule has 170 valence electrons. The van der Waals surface area contributed by atoms with Crippen molar-refractivity contribution in [2.75, 3.05) is 40.4 Å². The summed E-state index contributed by atoms with van der Waals surface area (Å²) in [5, 5.41) is 9.29. The second-order valence-corrected chi connectivity index (χ2v) is 7.73. The molecular formula is C22H38N4O4. The first-order valence-corrected chi connectivity index (χ1v) is 10.5. The van der Waals surface area contributed by atoms with E-state index in [1.165, 1.54) is 5.56 Å². The molecule has 0 radical (unpaired) electrons. The van der Waals surface area contributed by atoms with Crippen LogP contribution in [-0.4, -0.2) is 58.1 Å². The zero-order valence-electron chi connectivity index (χ0n) is 19.3. The molecule has 0 unspecified atom stereocenters. The summed E-state index contributed by atoms with van der Waals surface area (Å²) >= 11 is 0. The summed E-state index contributed by atoms with van der Waals surface area (Å²) in [7, 11) is 3.39. The van der Waals surface area contributed by atoms with Crippen molar-refractivity contribution < 1.29 is 19.0 Å². The third kappa shape index (κ3) is 10.8. The maximum Gasteiger partial charge on any atom is 0.407 e. The molecule has 0 aromatic heterocycles. The van der Waals surface area contributed by atoms with Gasteiger partial charge in [-0.3, -0.25) is 4.99 Å². The molecular weight excluding hydrogens is 384 g/mol. The van der Waals surface area contributed by atoms with Crippen molar-refractivity contribution in [3.63, 3.8) is 0 Å². The van der Waals surface area contributed by atoms with Crippen LogP contribution in [0.4, 0.5) is 4.79 Å². The number of carbonyl (C=O) groups is 1. The molecule has 0 fully saturated rings. The van der Waals surface area contributed by atoms with Gasteiger partial charge in [0.1, 0.15) is 5.60 Å². The van der Waals surface area contributed by atoms with Crippen molar-refractivity contribution >= 4 is 12.1 Å². The Hall–Kier alpha value is -2.64. The Morgan fingerprint density at radius 1 is 1.03 bits per heavy atom. The maximum absolute atomic E-state index is 11.6. The highest BCUT2D eigenvalue weighted by Gasteiger charge is 2.15. The second-order valence-electron chi connectivity index (χ2n) is 7.73. The van der Waals surface area contributed by atoms with E-state index in [9.17, 15) is 4.79 Å². The standard InChI is InChI=1S/C22H38N4O4/c1-7-29-19-16-17(11-12-18(19)28-6)10-8-13-24-20(23-5)25-14-9-15-26-21(27)30-22(2,3)4/h11-12,16H,7-10,13-15H2,1-6H3,(H,26,27)(H2,23,24,25). The Morgan fingerprint density at radius 3 is 2.30 bits per heavy atom. The van der Waals surface area contributed by atoms with Crippen molar-refractivity contribution in [3.8, 4) is 11.5 Å². The number of hydrogen-bond acceptors (Lipinski definition) is 5. The molecule has 8 nitrogen and oxygen atoms in total. The topological polar surface area (TPSA) is 93.2 Å². The molecule has 0 aliphatic heterocycles. The molecule has 0 aliphatic carbocycles. The summed E-state index contributed by atoms with van der Waals surface area (Å²) in [6.45, 7) is 10.1. The van der Waals surface area contributed by atoms with E-state index in [0.29, 0.717) is 19.7 Å². The van der Waals surface area contributed by atoms with Gasteiger partial charge in [0.2, 0.25) is 0 Å². The smallest absolute Gasteiger partial charge is 0.407 e. The summed E-state index contributed by atoms with van der Waals surface area (Å²) < 4.78 is 16.2. The molecule has 3 N–H and O–H groups in total. The van der Waals surface area contributed by atoms with Gasteiger partial charge in [0.25, 0.3) is 0 Å². The lowest BCUT2D eigenvalue weighted by atomic mass is 10.1. The van der Waals surface area contributed by atoms with Gasteiger partial charge in [-0.05, 0) is 64.7 Å². The Kier molecular flexibility index (Phi) is 11.5. The molecule has 0 aliphatic rings. The van der Waals surface area contributed by atoms with Crippen molar-refractivity contribution in [1.29, 1.82) is 0 Å². The van der Waals surface area contributed by atoms with Gasteiger partial charge in [-0.1, -0.05) is 6.07 Å². The molecule has 0 spiro atoms. The number of hydrogen-bond donors (Lipinski definition) is 3. The van der Waals surface area contributed by atoms with E-state index in [0.717, 1.165) is 43.3 Å². The Morgan fingerprint density at radius 2 is 1.70 bits per heavy atom. The number of methoxy groups -OCH3 is 1. The predicted molar refractivity (Wildman–Crippen MR) is 121 cm³/mol. The van der Waals surface area contributed by atoms with Gasteiger partial charge < -0.3 is 30.2 Å². The minimum absolute atomic E-state index is 0.393. The first-order chi connectivity index (χ1) is 14.3. The molecule has 1 amide bonds. The predicted octanol–water partition coefficient (Wildman–Crippen LogP) is 3.11. The minimum atomic E-state index is -0.481. The number of rotatable bonds is 11. The molecule has 1 aromatic rings. The van der Waals surface area contributed by atoms with Gasteiger partial charge in [-0.2, -0.15) is 0 Å². The largest absolute Gasteiger partial charge is 0.493 e. The zero-order chi connectivity index (χ0) is 22.4. The number of nitrogens with zero attached hydrogens (tertiary/aromatic N) is 1. The van der Waals surface area contributed by atoms with Crippen LogP contribution in [-0.2, 0) is 11.2 Å². The molecule has 8 heteroatoms. The van der Waals surface area contributed by atoms with E-state index in [-0.39, 0.29) is 0 Å². The highest BCUT2D eigenvalue weighted by atomic mass is 16.6. The average Bonchev–Trinajstić information content (AvgIpc) is 2.68. The third-order valence-corrected chi connectivity index (χ3v) is 4.00. The Bertz CT molecular complexity index is 672. The Balaban J connectivity index is 2.24. The van der Waals surface area contributed by atoms with Gasteiger partial charge in [-0.15, -0.1) is 0 Å². The molecule has 0 bridgehead atoms. The summed E-state index contributed by atoms with van der Waals surface area (Å²) in [6.07, 6.45) is 2.26. The fourth-order valence-corrected chi connectivity index (χ4v) is 2.66. The van der Waals surface area contributed by atoms with Gasteiger partial charge in [0, 0.05) is 26.7 Å². The highest BCUT2D eigenvalue weighted by Crippen LogP contribution is 2.28. The van der Waals surface area contributed by atoms with E-state index in [4.69, 9.17) is 14.2 Å². The normalized spacial score (nSPS) is 11.6. The molecule has 0 saturated heterocycles. The number of aliphatic imine (C=N–C) groups is 1. The van der Waals surface area contributed by atoms with E-state index >= 15 is 0 Å². The maximum atomic E-state index is 11.6. The van der Waals surface area contributed by atoms with Gasteiger partial charge in [-0.25, -0.2) is 4.79 Å². The first-order valence-electron chi connectivity index (χ1n) is 10.5. The van der Waals surface area contributed by atoms with Crippen LogP contribution in [0.25, 0.3) is 0 Å². The second kappa shape index (κ2) is 13.6. The van der Waals surface area contributed by atoms with Crippen LogP contribution in [0, 0.1) is 0 Å². The third-order valence-electron chi connectivity index (χ3n) is 4.00. The number of aryl methyl sites for hydroxylation is 1. The van der Waals surface area contributed by atoms with Crippen LogP contribution in [0.15, 0.2) is 23.2 Å². The molecule has 0 saturated carbocycles. The lowest BCUT2D eigenvalue weighted by Crippen LogP contribution is -2.39. The number of benzene rings is 1. The summed E-state index contributed by atoms with van der Waals surface area (Å²) in [5.41, 5.74) is 0.724. The van der Waals surface area contributed by atoms with Crippen LogP contribution >= 0.6 is 0 Å². The van der Waals surface area contributed by atoms with Crippen LogP contribution in [0.3, 0.4) is 0 Å². The van der Waals surface area contributed by atoms with Gasteiger partial charge in [0.05, 0.1) is 13.7 Å². The molecule has 30 heavy (non-hydrogen) atoms. The quantitative estimate of drug-likeness (QED) is 0.288. The van der Waals surface area contributed by atoms with E-state index in [1.807, 2.05) is 39.8 Å². The van der Waals surface area contributed by atoms with Crippen molar-refractivity contribution in [1.82, 2.24) is 16.0 Å². The van der Waals surface area contributed by atoms with Crippen LogP contribution < -0.4 is 25.4 Å². The lowest BCUT2D eigenvalue weighted by Gasteiger charge is -2.19. The Labute approximate surface area is 180 Å². The fraction of sp³-hybridized carbons (Fsp3) is 0.636. The monoisotopic (exact) mass is 422 g/mol. The molecule has 0 heterocycles. The minimum Gasteiger partial charge on any atom is -0.493 e. The van der Waals surface area contributed by atoms with Crippen molar-refractivity contribution in [2.45, 2.75) is 52.6 Å². The van der Waals surface area contributed by atoms with Gasteiger partial charge >= 0.3 is 6.09 Å². The lowest BCUT2D eigenvalue weighted by molar-refractivity contribution is 0.0527. The van der Waals surface area contributed by atoms with E-state index < -0.39 is 11.7 Å². The number of guanidine groups is 1. The SMILES string of the molecule is CCOc1cc(CCCNC(=NC)NCCCNC(=O)OC(C)(C)C)ccc1OC. The summed E-state index contributed by atoms with van der Waals surface area (Å²) in [5.74, 6) is 2.28. The fourth-order valence-electron chi connectivity index (χ4n) is 2.66. The number of nitrogens with one attached hydrogen (secondary N) is 3. The number of amides is 1. The summed E-state index contributed by atoms with van der Waals surface area (Å²) in [6, 6.07) is 6.04. The number of alkyl carbamates (subject to hydrolysis) is 1. The average molecular weight is 423 g/mol. The van der Waals surface area contributed by atoms with E-state index in [2.05, 4.69) is 27.0 Å². The number of ether oxygens (including phenoxy) is 3. The zero-order valence-corrected chi connectivity index (χ0v) is 19.3. The molecule has 1 rings (SSSR count). The van der Waals surface area contributed by atoms with Crippen molar-refractivity contribution in [2.24, 2.45) is 4.99 Å². The first kappa shape index (κ1) is 25.4.